The first-order chi connectivity index (χ1) is 16.2. The zero-order valence-electron chi connectivity index (χ0n) is 19.2. The van der Waals surface area contributed by atoms with Crippen LogP contribution in [0.3, 0.4) is 0 Å². The predicted molar refractivity (Wildman–Crippen MR) is 131 cm³/mol. The smallest absolute Gasteiger partial charge is 0.269 e. The van der Waals surface area contributed by atoms with Crippen molar-refractivity contribution in [3.05, 3.63) is 76.1 Å². The molecule has 3 aromatic rings. The van der Waals surface area contributed by atoms with Gasteiger partial charge in [0, 0.05) is 12.1 Å². The van der Waals surface area contributed by atoms with Gasteiger partial charge < -0.3 is 4.74 Å². The van der Waals surface area contributed by atoms with Gasteiger partial charge >= 0.3 is 0 Å². The fourth-order valence-electron chi connectivity index (χ4n) is 3.49. The summed E-state index contributed by atoms with van der Waals surface area (Å²) in [6.07, 6.45) is 16.0. The van der Waals surface area contributed by atoms with E-state index in [1.807, 2.05) is 36.4 Å². The Morgan fingerprint density at radius 3 is 2.24 bits per heavy atom. The van der Waals surface area contributed by atoms with E-state index in [9.17, 15) is 10.1 Å². The van der Waals surface area contributed by atoms with Gasteiger partial charge in [-0.15, -0.1) is 5.10 Å². The van der Waals surface area contributed by atoms with Gasteiger partial charge in [-0.1, -0.05) is 75.3 Å². The number of nitro benzene ring substituents is 1. The van der Waals surface area contributed by atoms with Crippen LogP contribution in [0.5, 0.6) is 5.75 Å². The normalized spacial score (nSPS) is 11.2. The summed E-state index contributed by atoms with van der Waals surface area (Å²) in [5, 5.41) is 19.0. The lowest BCUT2D eigenvalue weighted by Crippen LogP contribution is -1.97. The molecule has 0 bridgehead atoms. The van der Waals surface area contributed by atoms with E-state index in [0.717, 1.165) is 24.3 Å². The van der Waals surface area contributed by atoms with Crippen LogP contribution in [0.15, 0.2) is 54.7 Å². The van der Waals surface area contributed by atoms with Gasteiger partial charge in [0.25, 0.3) is 5.69 Å². The minimum Gasteiger partial charge on any atom is -0.494 e. The standard InChI is InChI=1S/C26H32N4O3/c1-2-3-4-5-6-7-8-9-20-33-26-18-11-22(12-19-26)10-13-23-21-29(28-27-23)24-14-16-25(17-15-24)30(31)32/h10-19,21H,2-9,20H2,1H3/b13-10+. The molecule has 0 radical (unpaired) electrons. The number of benzene rings is 2. The van der Waals surface area contributed by atoms with Crippen molar-refractivity contribution in [2.24, 2.45) is 0 Å². The van der Waals surface area contributed by atoms with Crippen molar-refractivity contribution in [1.82, 2.24) is 15.0 Å². The Balaban J connectivity index is 1.41. The average Bonchev–Trinajstić information content (AvgIpc) is 3.31. The van der Waals surface area contributed by atoms with Crippen molar-refractivity contribution in [3.63, 3.8) is 0 Å². The fourth-order valence-corrected chi connectivity index (χ4v) is 3.49. The number of rotatable bonds is 14. The molecule has 33 heavy (non-hydrogen) atoms. The van der Waals surface area contributed by atoms with Crippen LogP contribution in [0.4, 0.5) is 5.69 Å². The third-order valence-corrected chi connectivity index (χ3v) is 5.43. The quantitative estimate of drug-likeness (QED) is 0.153. The van der Waals surface area contributed by atoms with Crippen LogP contribution in [0.25, 0.3) is 17.8 Å². The minimum absolute atomic E-state index is 0.0456. The number of nitro groups is 1. The van der Waals surface area contributed by atoms with Crippen molar-refractivity contribution in [1.29, 1.82) is 0 Å². The van der Waals surface area contributed by atoms with Crippen LogP contribution in [-0.4, -0.2) is 26.5 Å². The molecule has 0 N–H and O–H groups in total. The van der Waals surface area contributed by atoms with Crippen molar-refractivity contribution in [2.75, 3.05) is 6.61 Å². The van der Waals surface area contributed by atoms with Crippen LogP contribution < -0.4 is 4.74 Å². The first-order valence-corrected chi connectivity index (χ1v) is 11.7. The summed E-state index contributed by atoms with van der Waals surface area (Å²) < 4.78 is 7.44. The molecule has 3 rings (SSSR count). The van der Waals surface area contributed by atoms with E-state index in [0.29, 0.717) is 11.4 Å². The Hall–Kier alpha value is -3.48. The number of unbranched alkanes of at least 4 members (excludes halogenated alkanes) is 7. The molecule has 1 heterocycles. The van der Waals surface area contributed by atoms with E-state index in [4.69, 9.17) is 4.74 Å². The lowest BCUT2D eigenvalue weighted by Gasteiger charge is -2.06. The van der Waals surface area contributed by atoms with Gasteiger partial charge in [0.1, 0.15) is 11.4 Å². The molecule has 7 heteroatoms. The van der Waals surface area contributed by atoms with E-state index in [1.54, 1.807) is 23.0 Å². The Kier molecular flexibility index (Phi) is 9.63. The number of hydrogen-bond donors (Lipinski definition) is 0. The molecule has 0 saturated heterocycles. The molecule has 7 nitrogen and oxygen atoms in total. The van der Waals surface area contributed by atoms with E-state index in [2.05, 4.69) is 17.2 Å². The molecule has 1 aromatic heterocycles. The second-order valence-electron chi connectivity index (χ2n) is 8.09. The molecule has 0 aliphatic carbocycles. The monoisotopic (exact) mass is 448 g/mol. The Labute approximate surface area is 195 Å². The molecular formula is C26H32N4O3. The molecule has 0 amide bonds. The van der Waals surface area contributed by atoms with Gasteiger partial charge in [-0.2, -0.15) is 0 Å². The number of ether oxygens (including phenoxy) is 1. The van der Waals surface area contributed by atoms with E-state index >= 15 is 0 Å². The summed E-state index contributed by atoms with van der Waals surface area (Å²) in [5.41, 5.74) is 2.50. The highest BCUT2D eigenvalue weighted by Crippen LogP contribution is 2.17. The number of non-ortho nitro benzene ring substituents is 1. The number of aromatic nitrogens is 3. The van der Waals surface area contributed by atoms with Gasteiger partial charge in [-0.3, -0.25) is 10.1 Å². The second kappa shape index (κ2) is 13.2. The van der Waals surface area contributed by atoms with Crippen molar-refractivity contribution >= 4 is 17.8 Å². The van der Waals surface area contributed by atoms with Crippen molar-refractivity contribution in [3.8, 4) is 11.4 Å². The topological polar surface area (TPSA) is 83.1 Å². The summed E-state index contributed by atoms with van der Waals surface area (Å²) in [6.45, 7) is 3.01. The molecule has 0 fully saturated rings. The highest BCUT2D eigenvalue weighted by molar-refractivity contribution is 5.68. The Morgan fingerprint density at radius 2 is 1.58 bits per heavy atom. The van der Waals surface area contributed by atoms with Crippen LogP contribution >= 0.6 is 0 Å². The summed E-state index contributed by atoms with van der Waals surface area (Å²) in [6, 6.07) is 14.2. The molecule has 0 unspecified atom stereocenters. The van der Waals surface area contributed by atoms with Gasteiger partial charge in [0.15, 0.2) is 0 Å². The van der Waals surface area contributed by atoms with Gasteiger partial charge in [-0.05, 0) is 42.3 Å². The van der Waals surface area contributed by atoms with Gasteiger partial charge in [0.2, 0.25) is 0 Å². The zero-order valence-corrected chi connectivity index (χ0v) is 19.2. The lowest BCUT2D eigenvalue weighted by atomic mass is 10.1. The van der Waals surface area contributed by atoms with E-state index in [-0.39, 0.29) is 5.69 Å². The van der Waals surface area contributed by atoms with Crippen LogP contribution in [0, 0.1) is 10.1 Å². The van der Waals surface area contributed by atoms with Gasteiger partial charge in [0.05, 0.1) is 23.4 Å². The predicted octanol–water partition coefficient (Wildman–Crippen LogP) is 6.87. The Bertz CT molecular complexity index is 1010. The molecule has 0 spiro atoms. The highest BCUT2D eigenvalue weighted by atomic mass is 16.6. The zero-order chi connectivity index (χ0) is 23.3. The second-order valence-corrected chi connectivity index (χ2v) is 8.09. The average molecular weight is 449 g/mol. The number of hydrogen-bond acceptors (Lipinski definition) is 5. The first kappa shape index (κ1) is 24.2. The molecule has 0 aliphatic heterocycles. The largest absolute Gasteiger partial charge is 0.494 e. The van der Waals surface area contributed by atoms with Crippen LogP contribution in [0.2, 0.25) is 0 Å². The molecule has 2 aromatic carbocycles. The third kappa shape index (κ3) is 8.18. The summed E-state index contributed by atoms with van der Waals surface area (Å²) in [4.78, 5) is 10.4. The highest BCUT2D eigenvalue weighted by Gasteiger charge is 2.06. The summed E-state index contributed by atoms with van der Waals surface area (Å²) in [7, 11) is 0. The first-order valence-electron chi connectivity index (χ1n) is 11.7. The molecule has 174 valence electrons. The van der Waals surface area contributed by atoms with E-state index in [1.165, 1.54) is 57.1 Å². The Morgan fingerprint density at radius 1 is 0.909 bits per heavy atom. The van der Waals surface area contributed by atoms with Crippen molar-refractivity contribution < 1.29 is 9.66 Å². The van der Waals surface area contributed by atoms with Gasteiger partial charge in [-0.25, -0.2) is 4.68 Å². The SMILES string of the molecule is CCCCCCCCCCOc1ccc(/C=C/c2cn(-c3ccc([N+](=O)[O-])cc3)nn2)cc1. The maximum Gasteiger partial charge on any atom is 0.269 e. The molecule has 0 aliphatic rings. The number of nitrogens with zero attached hydrogens (tertiary/aromatic N) is 4. The molecular weight excluding hydrogens is 416 g/mol. The maximum atomic E-state index is 10.8. The van der Waals surface area contributed by atoms with Crippen LogP contribution in [-0.2, 0) is 0 Å². The summed E-state index contributed by atoms with van der Waals surface area (Å²) >= 11 is 0. The summed E-state index contributed by atoms with van der Waals surface area (Å²) in [5.74, 6) is 0.888. The minimum atomic E-state index is -0.425. The lowest BCUT2D eigenvalue weighted by molar-refractivity contribution is -0.384. The van der Waals surface area contributed by atoms with E-state index < -0.39 is 4.92 Å². The van der Waals surface area contributed by atoms with Crippen molar-refractivity contribution in [2.45, 2.75) is 58.3 Å². The fraction of sp³-hybridized carbons (Fsp3) is 0.385. The molecule has 0 saturated carbocycles. The third-order valence-electron chi connectivity index (χ3n) is 5.43. The maximum absolute atomic E-state index is 10.8. The van der Waals surface area contributed by atoms with Crippen LogP contribution in [0.1, 0.15) is 69.5 Å². The molecule has 0 atom stereocenters.